The Morgan fingerprint density at radius 2 is 1.87 bits per heavy atom. The van der Waals surface area contributed by atoms with Crippen molar-refractivity contribution < 1.29 is 4.79 Å². The number of aromatic nitrogens is 4. The van der Waals surface area contributed by atoms with Crippen molar-refractivity contribution in [3.05, 3.63) is 77.0 Å². The number of fused-ring (bicyclic) bond motifs is 3. The molecular formula is C23H19N5OS2. The van der Waals surface area contributed by atoms with Crippen LogP contribution >= 0.6 is 23.1 Å². The zero-order valence-corrected chi connectivity index (χ0v) is 18.4. The highest BCUT2D eigenvalue weighted by Gasteiger charge is 2.21. The minimum atomic E-state index is -0.331. The zero-order valence-electron chi connectivity index (χ0n) is 16.7. The van der Waals surface area contributed by atoms with Gasteiger partial charge in [-0.05, 0) is 30.5 Å². The predicted molar refractivity (Wildman–Crippen MR) is 125 cm³/mol. The van der Waals surface area contributed by atoms with Crippen molar-refractivity contribution in [1.29, 1.82) is 0 Å². The van der Waals surface area contributed by atoms with Gasteiger partial charge < -0.3 is 5.32 Å². The standard InChI is InChI=1S/C23H19N5OS2/c1-15(22(29)24-14-17-10-7-13-30-17)31-23-27-26-21-18-11-5-6-12-19(18)25-20(28(21)23)16-8-3-2-4-9-16/h2-13,15H,14H2,1H3,(H,24,29). The summed E-state index contributed by atoms with van der Waals surface area (Å²) in [4.78, 5) is 18.7. The summed E-state index contributed by atoms with van der Waals surface area (Å²) in [7, 11) is 0. The Morgan fingerprint density at radius 1 is 1.06 bits per heavy atom. The topological polar surface area (TPSA) is 72.2 Å². The van der Waals surface area contributed by atoms with Crippen LogP contribution in [-0.2, 0) is 11.3 Å². The van der Waals surface area contributed by atoms with Gasteiger partial charge in [0.15, 0.2) is 10.8 Å². The average molecular weight is 446 g/mol. The van der Waals surface area contributed by atoms with Crippen LogP contribution in [0.2, 0.25) is 0 Å². The maximum atomic E-state index is 12.7. The van der Waals surface area contributed by atoms with Crippen molar-refractivity contribution in [1.82, 2.24) is 24.9 Å². The van der Waals surface area contributed by atoms with E-state index in [4.69, 9.17) is 4.98 Å². The second-order valence-electron chi connectivity index (χ2n) is 7.02. The van der Waals surface area contributed by atoms with E-state index in [1.807, 2.05) is 83.4 Å². The van der Waals surface area contributed by atoms with E-state index < -0.39 is 0 Å². The van der Waals surface area contributed by atoms with E-state index in [-0.39, 0.29) is 11.2 Å². The first-order valence-corrected chi connectivity index (χ1v) is 11.6. The minimum Gasteiger partial charge on any atom is -0.350 e. The molecule has 5 rings (SSSR count). The molecular weight excluding hydrogens is 426 g/mol. The van der Waals surface area contributed by atoms with Crippen molar-refractivity contribution >= 4 is 45.6 Å². The molecule has 154 valence electrons. The molecule has 3 heterocycles. The molecule has 6 nitrogen and oxygen atoms in total. The van der Waals surface area contributed by atoms with E-state index in [1.54, 1.807) is 11.3 Å². The van der Waals surface area contributed by atoms with Crippen molar-refractivity contribution in [2.24, 2.45) is 0 Å². The van der Waals surface area contributed by atoms with Gasteiger partial charge in [-0.25, -0.2) is 4.98 Å². The molecule has 0 aliphatic rings. The van der Waals surface area contributed by atoms with Gasteiger partial charge in [0.2, 0.25) is 5.91 Å². The molecule has 0 saturated heterocycles. The Bertz CT molecular complexity index is 1350. The Hall–Kier alpha value is -3.23. The van der Waals surface area contributed by atoms with Gasteiger partial charge in [0.05, 0.1) is 17.3 Å². The largest absolute Gasteiger partial charge is 0.350 e. The first-order chi connectivity index (χ1) is 15.2. The molecule has 8 heteroatoms. The average Bonchev–Trinajstić information content (AvgIpc) is 3.48. The van der Waals surface area contributed by atoms with Crippen LogP contribution in [0.4, 0.5) is 0 Å². The third-order valence-electron chi connectivity index (χ3n) is 4.92. The monoisotopic (exact) mass is 445 g/mol. The van der Waals surface area contributed by atoms with Gasteiger partial charge in [-0.2, -0.15) is 0 Å². The lowest BCUT2D eigenvalue weighted by molar-refractivity contribution is -0.120. The fraction of sp³-hybridized carbons (Fsp3) is 0.130. The molecule has 0 spiro atoms. The number of nitrogens with zero attached hydrogens (tertiary/aromatic N) is 4. The van der Waals surface area contributed by atoms with E-state index in [0.717, 1.165) is 32.8 Å². The van der Waals surface area contributed by atoms with Crippen LogP contribution in [0, 0.1) is 0 Å². The number of carbonyl (C=O) groups is 1. The summed E-state index contributed by atoms with van der Waals surface area (Å²) in [5.41, 5.74) is 2.56. The normalized spacial score (nSPS) is 12.3. The molecule has 2 aromatic carbocycles. The van der Waals surface area contributed by atoms with Crippen LogP contribution in [0.1, 0.15) is 11.8 Å². The molecule has 0 aliphatic heterocycles. The molecule has 0 saturated carbocycles. The van der Waals surface area contributed by atoms with Gasteiger partial charge >= 0.3 is 0 Å². The number of benzene rings is 2. The molecule has 1 amide bonds. The number of nitrogens with one attached hydrogen (secondary N) is 1. The first kappa shape index (κ1) is 19.7. The molecule has 3 aromatic heterocycles. The SMILES string of the molecule is CC(Sc1nnc2c3ccccc3nc(-c3ccccc3)n12)C(=O)NCc1cccs1. The van der Waals surface area contributed by atoms with E-state index >= 15 is 0 Å². The quantitative estimate of drug-likeness (QED) is 0.380. The number of carbonyl (C=O) groups excluding carboxylic acids is 1. The van der Waals surface area contributed by atoms with Gasteiger partial charge in [0.25, 0.3) is 0 Å². The van der Waals surface area contributed by atoms with Gasteiger partial charge in [-0.3, -0.25) is 9.20 Å². The highest BCUT2D eigenvalue weighted by Crippen LogP contribution is 2.30. The van der Waals surface area contributed by atoms with Crippen LogP contribution in [0.25, 0.3) is 27.9 Å². The molecule has 1 atom stereocenters. The Kier molecular flexibility index (Phi) is 5.40. The highest BCUT2D eigenvalue weighted by molar-refractivity contribution is 8.00. The van der Waals surface area contributed by atoms with Crippen LogP contribution in [0.5, 0.6) is 0 Å². The van der Waals surface area contributed by atoms with Crippen LogP contribution < -0.4 is 5.32 Å². The second kappa shape index (κ2) is 8.49. The fourth-order valence-corrected chi connectivity index (χ4v) is 4.88. The lowest BCUT2D eigenvalue weighted by atomic mass is 10.2. The number of thiophene rings is 1. The van der Waals surface area contributed by atoms with Crippen molar-refractivity contribution in [3.63, 3.8) is 0 Å². The number of amides is 1. The zero-order chi connectivity index (χ0) is 21.2. The van der Waals surface area contributed by atoms with Gasteiger partial charge in [-0.1, -0.05) is 60.3 Å². The van der Waals surface area contributed by atoms with Crippen molar-refractivity contribution in [3.8, 4) is 11.4 Å². The van der Waals surface area contributed by atoms with Crippen molar-refractivity contribution in [2.75, 3.05) is 0 Å². The Labute approximate surface area is 187 Å². The lowest BCUT2D eigenvalue weighted by Crippen LogP contribution is -2.30. The number of hydrogen-bond donors (Lipinski definition) is 1. The molecule has 1 unspecified atom stereocenters. The predicted octanol–water partition coefficient (Wildman–Crippen LogP) is 4.80. The summed E-state index contributed by atoms with van der Waals surface area (Å²) in [5, 5.41) is 15.1. The number of rotatable bonds is 6. The van der Waals surface area contributed by atoms with Crippen molar-refractivity contribution in [2.45, 2.75) is 23.9 Å². The van der Waals surface area contributed by atoms with E-state index in [2.05, 4.69) is 15.5 Å². The maximum absolute atomic E-state index is 12.7. The van der Waals surface area contributed by atoms with Gasteiger partial charge in [0, 0.05) is 15.8 Å². The maximum Gasteiger partial charge on any atom is 0.233 e. The summed E-state index contributed by atoms with van der Waals surface area (Å²) in [5.74, 6) is 0.721. The molecule has 0 radical (unpaired) electrons. The van der Waals surface area contributed by atoms with Gasteiger partial charge in [-0.15, -0.1) is 21.5 Å². The third kappa shape index (κ3) is 3.92. The summed E-state index contributed by atoms with van der Waals surface area (Å²) < 4.78 is 1.95. The van der Waals surface area contributed by atoms with E-state index in [1.165, 1.54) is 11.8 Å². The van der Waals surface area contributed by atoms with E-state index in [9.17, 15) is 4.79 Å². The molecule has 0 bridgehead atoms. The summed E-state index contributed by atoms with van der Waals surface area (Å²) in [6, 6.07) is 21.9. The minimum absolute atomic E-state index is 0.0369. The summed E-state index contributed by atoms with van der Waals surface area (Å²) in [6.45, 7) is 2.41. The van der Waals surface area contributed by atoms with Crippen LogP contribution in [-0.4, -0.2) is 30.7 Å². The van der Waals surface area contributed by atoms with Gasteiger partial charge in [0.1, 0.15) is 5.82 Å². The molecule has 5 aromatic rings. The Balaban J connectivity index is 1.51. The lowest BCUT2D eigenvalue weighted by Gasteiger charge is -2.12. The molecule has 0 aliphatic carbocycles. The number of hydrogen-bond acceptors (Lipinski definition) is 6. The molecule has 31 heavy (non-hydrogen) atoms. The van der Waals surface area contributed by atoms with Crippen LogP contribution in [0.15, 0.2) is 77.3 Å². The first-order valence-electron chi connectivity index (χ1n) is 9.87. The third-order valence-corrected chi connectivity index (χ3v) is 6.84. The summed E-state index contributed by atoms with van der Waals surface area (Å²) >= 11 is 3.01. The molecule has 1 N–H and O–H groups in total. The van der Waals surface area contributed by atoms with E-state index in [0.29, 0.717) is 11.7 Å². The second-order valence-corrected chi connectivity index (χ2v) is 9.36. The number of thioether (sulfide) groups is 1. The summed E-state index contributed by atoms with van der Waals surface area (Å²) in [6.07, 6.45) is 0. The highest BCUT2D eigenvalue weighted by atomic mass is 32.2. The Morgan fingerprint density at radius 3 is 2.68 bits per heavy atom. The van der Waals surface area contributed by atoms with Crippen LogP contribution in [0.3, 0.4) is 0 Å². The molecule has 0 fully saturated rings. The number of para-hydroxylation sites is 1. The fourth-order valence-electron chi connectivity index (χ4n) is 3.36. The smallest absolute Gasteiger partial charge is 0.233 e.